The molecule has 1 amide bonds. The topological polar surface area (TPSA) is 104 Å². The van der Waals surface area contributed by atoms with E-state index in [9.17, 15) is 4.79 Å². The summed E-state index contributed by atoms with van der Waals surface area (Å²) < 4.78 is 5.31. The van der Waals surface area contributed by atoms with Crippen molar-refractivity contribution in [3.8, 4) is 11.9 Å². The molecule has 0 atom stereocenters. The standard InChI is InChI=1S/C22H24ClN5O2/c1-30-19-8-3-2-7-18(19)20(29)26-14-22(16-5-4-6-17(23)13-16)9-11-28(12-10-22)21(25)27-15-24/h2-8,13H,9-12,14H2,1H3,(H2,25,27)(H,26,29). The predicted molar refractivity (Wildman–Crippen MR) is 116 cm³/mol. The summed E-state index contributed by atoms with van der Waals surface area (Å²) >= 11 is 6.26. The molecule has 1 saturated heterocycles. The summed E-state index contributed by atoms with van der Waals surface area (Å²) in [6.07, 6.45) is 3.18. The van der Waals surface area contributed by atoms with Gasteiger partial charge < -0.3 is 20.7 Å². The summed E-state index contributed by atoms with van der Waals surface area (Å²) in [4.78, 5) is 18.4. The zero-order valence-electron chi connectivity index (χ0n) is 16.8. The second-order valence-corrected chi connectivity index (χ2v) is 7.67. The molecule has 2 aromatic rings. The number of benzene rings is 2. The van der Waals surface area contributed by atoms with Crippen LogP contribution >= 0.6 is 11.6 Å². The summed E-state index contributed by atoms with van der Waals surface area (Å²) in [5.41, 5.74) is 7.13. The average Bonchev–Trinajstić information content (AvgIpc) is 2.78. The molecule has 0 saturated carbocycles. The van der Waals surface area contributed by atoms with Crippen LogP contribution in [0.15, 0.2) is 53.5 Å². The first-order valence-electron chi connectivity index (χ1n) is 9.63. The third-order valence-corrected chi connectivity index (χ3v) is 5.82. The number of hydrogen-bond acceptors (Lipinski definition) is 4. The molecule has 0 aliphatic carbocycles. The number of halogens is 1. The zero-order valence-corrected chi connectivity index (χ0v) is 17.5. The van der Waals surface area contributed by atoms with Crippen LogP contribution in [0.3, 0.4) is 0 Å². The minimum absolute atomic E-state index is 0.193. The fourth-order valence-electron chi connectivity index (χ4n) is 3.85. The number of likely N-dealkylation sites (tertiary alicyclic amines) is 1. The lowest BCUT2D eigenvalue weighted by molar-refractivity contribution is 0.0929. The number of rotatable bonds is 5. The highest BCUT2D eigenvalue weighted by Crippen LogP contribution is 2.36. The van der Waals surface area contributed by atoms with Gasteiger partial charge in [-0.05, 0) is 42.7 Å². The van der Waals surface area contributed by atoms with Gasteiger partial charge in [0.2, 0.25) is 12.2 Å². The third kappa shape index (κ3) is 4.66. The van der Waals surface area contributed by atoms with E-state index in [2.05, 4.69) is 10.3 Å². The highest BCUT2D eigenvalue weighted by molar-refractivity contribution is 6.30. The summed E-state index contributed by atoms with van der Waals surface area (Å²) in [6, 6.07) is 14.9. The minimum atomic E-state index is -0.313. The van der Waals surface area contributed by atoms with Crippen LogP contribution in [0.4, 0.5) is 0 Å². The molecule has 2 aromatic carbocycles. The van der Waals surface area contributed by atoms with Crippen molar-refractivity contribution in [1.29, 1.82) is 5.26 Å². The molecule has 1 fully saturated rings. The zero-order chi connectivity index (χ0) is 21.6. The van der Waals surface area contributed by atoms with E-state index in [1.165, 1.54) is 0 Å². The lowest BCUT2D eigenvalue weighted by atomic mass is 9.72. The molecule has 156 valence electrons. The summed E-state index contributed by atoms with van der Waals surface area (Å²) in [5.74, 6) is 0.555. The number of para-hydroxylation sites is 1. The maximum Gasteiger partial charge on any atom is 0.255 e. The lowest BCUT2D eigenvalue weighted by Gasteiger charge is -2.42. The number of guanidine groups is 1. The van der Waals surface area contributed by atoms with Gasteiger partial charge in [0.15, 0.2) is 0 Å². The first-order valence-corrected chi connectivity index (χ1v) is 10.0. The Bertz CT molecular complexity index is 977. The molecule has 0 bridgehead atoms. The highest BCUT2D eigenvalue weighted by Gasteiger charge is 2.37. The van der Waals surface area contributed by atoms with Crippen molar-refractivity contribution in [1.82, 2.24) is 10.2 Å². The smallest absolute Gasteiger partial charge is 0.255 e. The predicted octanol–water partition coefficient (Wildman–Crippen LogP) is 2.91. The van der Waals surface area contributed by atoms with Crippen molar-refractivity contribution in [3.05, 3.63) is 64.7 Å². The van der Waals surface area contributed by atoms with E-state index in [0.29, 0.717) is 36.0 Å². The van der Waals surface area contributed by atoms with Gasteiger partial charge in [0.25, 0.3) is 5.91 Å². The summed E-state index contributed by atoms with van der Waals surface area (Å²) in [7, 11) is 1.54. The molecule has 30 heavy (non-hydrogen) atoms. The Morgan fingerprint density at radius 1 is 1.30 bits per heavy atom. The maximum absolute atomic E-state index is 12.9. The van der Waals surface area contributed by atoms with Crippen LogP contribution < -0.4 is 15.8 Å². The van der Waals surface area contributed by atoms with Crippen LogP contribution in [0.2, 0.25) is 5.02 Å². The normalized spacial score (nSPS) is 15.9. The Labute approximate surface area is 181 Å². The number of nitrogens with two attached hydrogens (primary N) is 1. The van der Waals surface area contributed by atoms with Crippen molar-refractivity contribution < 1.29 is 9.53 Å². The Kier molecular flexibility index (Phi) is 6.80. The molecule has 0 spiro atoms. The lowest BCUT2D eigenvalue weighted by Crippen LogP contribution is -2.51. The molecule has 1 aliphatic heterocycles. The Morgan fingerprint density at radius 2 is 2.03 bits per heavy atom. The van der Waals surface area contributed by atoms with E-state index in [0.717, 1.165) is 18.4 Å². The number of nitrogens with one attached hydrogen (secondary N) is 1. The number of nitriles is 1. The van der Waals surface area contributed by atoms with E-state index >= 15 is 0 Å². The third-order valence-electron chi connectivity index (χ3n) is 5.59. The van der Waals surface area contributed by atoms with Gasteiger partial charge in [-0.2, -0.15) is 5.26 Å². The van der Waals surface area contributed by atoms with Gasteiger partial charge in [-0.15, -0.1) is 4.99 Å². The van der Waals surface area contributed by atoms with Crippen LogP contribution in [0.1, 0.15) is 28.8 Å². The molecule has 3 rings (SSSR count). The summed E-state index contributed by atoms with van der Waals surface area (Å²) in [5, 5.41) is 12.5. The molecule has 0 radical (unpaired) electrons. The molecule has 1 aliphatic rings. The number of piperidine rings is 1. The second-order valence-electron chi connectivity index (χ2n) is 7.23. The number of amides is 1. The number of carbonyl (C=O) groups is 1. The fraction of sp³-hybridized carbons (Fsp3) is 0.318. The van der Waals surface area contributed by atoms with E-state index < -0.39 is 0 Å². The molecule has 0 aromatic heterocycles. The van der Waals surface area contributed by atoms with Crippen LogP contribution in [0.25, 0.3) is 0 Å². The maximum atomic E-state index is 12.9. The summed E-state index contributed by atoms with van der Waals surface area (Å²) in [6.45, 7) is 1.68. The van der Waals surface area contributed by atoms with Crippen molar-refractivity contribution in [2.75, 3.05) is 26.7 Å². The van der Waals surface area contributed by atoms with Crippen LogP contribution in [0, 0.1) is 11.5 Å². The van der Waals surface area contributed by atoms with Crippen LogP contribution in [0.5, 0.6) is 5.75 Å². The van der Waals surface area contributed by atoms with Crippen molar-refractivity contribution in [2.45, 2.75) is 18.3 Å². The highest BCUT2D eigenvalue weighted by atomic mass is 35.5. The quantitative estimate of drug-likeness (QED) is 0.435. The number of nitrogens with zero attached hydrogens (tertiary/aromatic N) is 3. The second kappa shape index (κ2) is 9.51. The number of carbonyl (C=O) groups excluding carboxylic acids is 1. The van der Waals surface area contributed by atoms with Crippen LogP contribution in [-0.4, -0.2) is 43.5 Å². The fourth-order valence-corrected chi connectivity index (χ4v) is 4.04. The largest absolute Gasteiger partial charge is 0.496 e. The monoisotopic (exact) mass is 425 g/mol. The number of methoxy groups -OCH3 is 1. The van der Waals surface area contributed by atoms with E-state index in [-0.39, 0.29) is 17.3 Å². The molecular weight excluding hydrogens is 402 g/mol. The first kappa shape index (κ1) is 21.5. The number of ether oxygens (including phenoxy) is 1. The molecule has 1 heterocycles. The molecular formula is C22H24ClN5O2. The van der Waals surface area contributed by atoms with Gasteiger partial charge in [-0.3, -0.25) is 4.79 Å². The van der Waals surface area contributed by atoms with E-state index in [4.69, 9.17) is 27.3 Å². The Hall–Kier alpha value is -3.24. The molecule has 8 heteroatoms. The number of aliphatic imine (C=N–C) groups is 1. The van der Waals surface area contributed by atoms with Gasteiger partial charge in [0, 0.05) is 30.1 Å². The molecule has 7 nitrogen and oxygen atoms in total. The van der Waals surface area contributed by atoms with E-state index in [1.54, 1.807) is 31.5 Å². The van der Waals surface area contributed by atoms with Gasteiger partial charge in [0.05, 0.1) is 12.7 Å². The van der Waals surface area contributed by atoms with Crippen molar-refractivity contribution >= 4 is 23.5 Å². The SMILES string of the molecule is COc1ccccc1C(=O)NCC1(c2cccc(Cl)c2)CCN(/C(N)=N\C#N)CC1. The van der Waals surface area contributed by atoms with Gasteiger partial charge in [-0.25, -0.2) is 0 Å². The van der Waals surface area contributed by atoms with E-state index in [1.807, 2.05) is 35.2 Å². The van der Waals surface area contributed by atoms with Crippen molar-refractivity contribution in [3.63, 3.8) is 0 Å². The van der Waals surface area contributed by atoms with Crippen LogP contribution in [-0.2, 0) is 5.41 Å². The Balaban J connectivity index is 1.82. The van der Waals surface area contributed by atoms with Gasteiger partial charge in [-0.1, -0.05) is 35.9 Å². The molecule has 0 unspecified atom stereocenters. The Morgan fingerprint density at radius 3 is 2.70 bits per heavy atom. The average molecular weight is 426 g/mol. The number of hydrogen-bond donors (Lipinski definition) is 2. The first-order chi connectivity index (χ1) is 14.5. The van der Waals surface area contributed by atoms with Gasteiger partial charge >= 0.3 is 0 Å². The minimum Gasteiger partial charge on any atom is -0.496 e. The molecule has 3 N–H and O–H groups in total. The van der Waals surface area contributed by atoms with Crippen molar-refractivity contribution in [2.24, 2.45) is 10.7 Å². The van der Waals surface area contributed by atoms with Gasteiger partial charge in [0.1, 0.15) is 5.75 Å².